The van der Waals surface area contributed by atoms with Crippen LogP contribution in [-0.4, -0.2) is 69.9 Å². The molecule has 0 aliphatic heterocycles. The van der Waals surface area contributed by atoms with Crippen LogP contribution in [0.4, 0.5) is 21.0 Å². The molecule has 6 amide bonds. The molecule has 364 valence electrons. The molecule has 5 N–H and O–H groups in total. The Morgan fingerprint density at radius 2 is 0.940 bits per heavy atom. The lowest BCUT2D eigenvalue weighted by molar-refractivity contribution is -0.147. The monoisotopic (exact) mass is 1000 g/mol. The molecule has 67 heavy (non-hydrogen) atoms. The third-order valence-corrected chi connectivity index (χ3v) is 11.6. The zero-order valence-corrected chi connectivity index (χ0v) is 43.0. The van der Waals surface area contributed by atoms with Gasteiger partial charge >= 0.3 is 18.0 Å². The highest BCUT2D eigenvalue weighted by Gasteiger charge is 2.27. The van der Waals surface area contributed by atoms with Gasteiger partial charge in [0.2, 0.25) is 11.8 Å². The summed E-state index contributed by atoms with van der Waals surface area (Å²) in [5.74, 6) is -0.533. The van der Waals surface area contributed by atoms with Crippen LogP contribution in [0.25, 0.3) is 0 Å². The number of aliphatic hydroxyl groups excluding tert-OH is 1. The van der Waals surface area contributed by atoms with Gasteiger partial charge in [0.15, 0.2) is 0 Å². The van der Waals surface area contributed by atoms with Crippen LogP contribution in [0.5, 0.6) is 0 Å². The van der Waals surface area contributed by atoms with Crippen molar-refractivity contribution in [3.63, 3.8) is 0 Å². The molecule has 0 saturated heterocycles. The Bertz CT molecular complexity index is 2310. The summed E-state index contributed by atoms with van der Waals surface area (Å²) >= 11 is 24.2. The van der Waals surface area contributed by atoms with Gasteiger partial charge < -0.3 is 40.9 Å². The van der Waals surface area contributed by atoms with Crippen LogP contribution in [0.2, 0.25) is 20.1 Å². The Hall–Kier alpha value is -5.05. The second kappa shape index (κ2) is 25.4. The lowest BCUT2D eigenvalue weighted by atomic mass is 9.95. The summed E-state index contributed by atoms with van der Waals surface area (Å²) in [6.45, 7) is 21.0. The molecule has 4 aromatic rings. The number of amides is 6. The van der Waals surface area contributed by atoms with E-state index in [1.54, 1.807) is 70.5 Å². The number of esters is 1. The van der Waals surface area contributed by atoms with Crippen LogP contribution in [0.3, 0.4) is 0 Å². The fraction of sp³-hybridized carbons (Fsp3) is 0.420. The average molecular weight is 1000 g/mol. The molecule has 4 aromatic carbocycles. The van der Waals surface area contributed by atoms with Crippen molar-refractivity contribution < 1.29 is 33.8 Å². The molecule has 2 atom stereocenters. The van der Waals surface area contributed by atoms with E-state index in [4.69, 9.17) is 51.1 Å². The first-order valence-electron chi connectivity index (χ1n) is 21.8. The standard InChI is InChI=1S/C26H33Cl2N3O4.C24H31Cl2N3O3/c1-16(2)31(15-23(35-17(3)32)19-9-12-21(27)22(28)13-19)25(34)30-20-10-7-18(8-11-20)14-29-24(33)26(4,5)6;1-15(2)29(14-21(30)17-8-11-19(25)20(26)12-17)23(32)28-18-9-6-16(7-10-18)13-27-22(31)24(3,4)5/h7-13,16,23H,14-15H2,1-6H3,(H,29,33)(H,30,34);6-12,15,21,30H,13-14H2,1-5H3,(H,27,31)(H,28,32)/t23-;21-/m11/s1. The number of rotatable bonds is 15. The van der Waals surface area contributed by atoms with Crippen LogP contribution in [0, 0.1) is 10.8 Å². The van der Waals surface area contributed by atoms with E-state index in [9.17, 15) is 29.1 Å². The molecule has 0 unspecified atom stereocenters. The van der Waals surface area contributed by atoms with Gasteiger partial charge in [0.1, 0.15) is 6.10 Å². The predicted molar refractivity (Wildman–Crippen MR) is 270 cm³/mol. The Morgan fingerprint density at radius 1 is 0.567 bits per heavy atom. The van der Waals surface area contributed by atoms with Crippen molar-refractivity contribution in [2.75, 3.05) is 23.7 Å². The number of benzene rings is 4. The van der Waals surface area contributed by atoms with Gasteiger partial charge in [0, 0.05) is 54.3 Å². The zero-order chi connectivity index (χ0) is 50.4. The second-order valence-electron chi connectivity index (χ2n) is 18.6. The molecule has 0 bridgehead atoms. The molecular formula is C50H64Cl4N6O7. The fourth-order valence-corrected chi connectivity index (χ4v) is 6.68. The van der Waals surface area contributed by atoms with E-state index in [0.29, 0.717) is 55.7 Å². The van der Waals surface area contributed by atoms with Crippen molar-refractivity contribution in [2.45, 2.75) is 114 Å². The Balaban J connectivity index is 0.000000357. The molecule has 0 saturated carbocycles. The van der Waals surface area contributed by atoms with Crippen molar-refractivity contribution in [1.29, 1.82) is 0 Å². The number of aliphatic hydroxyl groups is 1. The molecule has 0 aliphatic rings. The number of hydrogen-bond donors (Lipinski definition) is 5. The van der Waals surface area contributed by atoms with Crippen molar-refractivity contribution in [1.82, 2.24) is 20.4 Å². The number of carbonyl (C=O) groups excluding carboxylic acids is 5. The van der Waals surface area contributed by atoms with E-state index in [0.717, 1.165) is 11.1 Å². The molecular weight excluding hydrogens is 938 g/mol. The van der Waals surface area contributed by atoms with Crippen molar-refractivity contribution >= 4 is 87.6 Å². The minimum atomic E-state index is -0.910. The van der Waals surface area contributed by atoms with Crippen LogP contribution < -0.4 is 21.3 Å². The Morgan fingerprint density at radius 3 is 1.30 bits per heavy atom. The fourth-order valence-electron chi connectivity index (χ4n) is 6.07. The maximum atomic E-state index is 13.1. The summed E-state index contributed by atoms with van der Waals surface area (Å²) in [7, 11) is 0. The topological polar surface area (TPSA) is 169 Å². The highest BCUT2D eigenvalue weighted by atomic mass is 35.5. The normalized spacial score (nSPS) is 12.3. The number of hydrogen-bond acceptors (Lipinski definition) is 7. The zero-order valence-electron chi connectivity index (χ0n) is 40.0. The molecule has 4 rings (SSSR count). The maximum absolute atomic E-state index is 13.1. The number of urea groups is 2. The third kappa shape index (κ3) is 18.5. The molecule has 0 spiro atoms. The largest absolute Gasteiger partial charge is 0.456 e. The first-order chi connectivity index (χ1) is 31.2. The first-order valence-corrected chi connectivity index (χ1v) is 23.3. The van der Waals surface area contributed by atoms with Gasteiger partial charge in [-0.2, -0.15) is 0 Å². The van der Waals surface area contributed by atoms with Gasteiger partial charge in [-0.1, -0.05) is 124 Å². The molecule has 0 fully saturated rings. The van der Waals surface area contributed by atoms with Crippen LogP contribution >= 0.6 is 46.4 Å². The highest BCUT2D eigenvalue weighted by molar-refractivity contribution is 6.42. The first kappa shape index (κ1) is 56.3. The van der Waals surface area contributed by atoms with Gasteiger partial charge in [-0.05, 0) is 98.5 Å². The number of anilines is 2. The van der Waals surface area contributed by atoms with E-state index < -0.39 is 29.0 Å². The molecule has 0 heterocycles. The molecule has 13 nitrogen and oxygen atoms in total. The lowest BCUT2D eigenvalue weighted by Gasteiger charge is -2.31. The van der Waals surface area contributed by atoms with Gasteiger partial charge in [-0.3, -0.25) is 14.4 Å². The van der Waals surface area contributed by atoms with E-state index in [2.05, 4.69) is 21.3 Å². The van der Waals surface area contributed by atoms with E-state index >= 15 is 0 Å². The maximum Gasteiger partial charge on any atom is 0.322 e. The van der Waals surface area contributed by atoms with Crippen LogP contribution in [0.1, 0.15) is 111 Å². The lowest BCUT2D eigenvalue weighted by Crippen LogP contribution is -2.43. The summed E-state index contributed by atoms with van der Waals surface area (Å²) in [5, 5.41) is 23.6. The summed E-state index contributed by atoms with van der Waals surface area (Å²) in [6.07, 6.45) is -1.63. The van der Waals surface area contributed by atoms with Crippen LogP contribution in [-0.2, 0) is 32.2 Å². The van der Waals surface area contributed by atoms with E-state index in [-0.39, 0.29) is 49.0 Å². The second-order valence-corrected chi connectivity index (χ2v) is 20.2. The number of carbonyl (C=O) groups is 5. The minimum absolute atomic E-state index is 0.0250. The summed E-state index contributed by atoms with van der Waals surface area (Å²) in [4.78, 5) is 64.9. The summed E-state index contributed by atoms with van der Waals surface area (Å²) < 4.78 is 5.50. The Labute approximate surface area is 415 Å². The smallest absolute Gasteiger partial charge is 0.322 e. The number of nitrogens with zero attached hydrogens (tertiary/aromatic N) is 2. The number of halogens is 4. The van der Waals surface area contributed by atoms with Crippen LogP contribution in [0.15, 0.2) is 84.9 Å². The van der Waals surface area contributed by atoms with Gasteiger partial charge in [-0.15, -0.1) is 0 Å². The minimum Gasteiger partial charge on any atom is -0.456 e. The predicted octanol–water partition coefficient (Wildman–Crippen LogP) is 11.8. The highest BCUT2D eigenvalue weighted by Crippen LogP contribution is 2.30. The van der Waals surface area contributed by atoms with Crippen molar-refractivity contribution in [3.05, 3.63) is 127 Å². The summed E-state index contributed by atoms with van der Waals surface area (Å²) in [6, 6.07) is 23.4. The van der Waals surface area contributed by atoms with E-state index in [1.807, 2.05) is 93.5 Å². The molecule has 0 aliphatic carbocycles. The molecule has 0 radical (unpaired) electrons. The SMILES string of the molecule is CC(=O)O[C@H](CN(C(=O)Nc1ccc(CNC(=O)C(C)(C)C)cc1)C(C)C)c1ccc(Cl)c(Cl)c1.CC(C)N(C[C@@H](O)c1ccc(Cl)c(Cl)c1)C(=O)Nc1ccc(CNC(=O)C(C)(C)C)cc1. The Kier molecular flexibility index (Phi) is 21.3. The summed E-state index contributed by atoms with van der Waals surface area (Å²) in [5.41, 5.74) is 3.37. The van der Waals surface area contributed by atoms with Gasteiger partial charge in [0.05, 0.1) is 39.3 Å². The van der Waals surface area contributed by atoms with Gasteiger partial charge in [-0.25, -0.2) is 9.59 Å². The van der Waals surface area contributed by atoms with Crippen molar-refractivity contribution in [3.8, 4) is 0 Å². The average Bonchev–Trinajstić information content (AvgIpc) is 3.24. The third-order valence-electron chi connectivity index (χ3n) is 10.1. The number of nitrogens with one attached hydrogen (secondary N) is 4. The molecule has 0 aromatic heterocycles. The quantitative estimate of drug-likeness (QED) is 0.0738. The molecule has 17 heteroatoms. The number of ether oxygens (including phenoxy) is 1. The van der Waals surface area contributed by atoms with E-state index in [1.165, 1.54) is 6.92 Å². The van der Waals surface area contributed by atoms with Crippen molar-refractivity contribution in [2.24, 2.45) is 10.8 Å². The van der Waals surface area contributed by atoms with Gasteiger partial charge in [0.25, 0.3) is 0 Å².